The second-order valence-electron chi connectivity index (χ2n) is 18.1. The lowest BCUT2D eigenvalue weighted by Gasteiger charge is -2.28. The van der Waals surface area contributed by atoms with Crippen molar-refractivity contribution in [1.82, 2.24) is 9.13 Å². The van der Waals surface area contributed by atoms with Crippen LogP contribution in [0, 0.1) is 0 Å². The molecule has 0 atom stereocenters. The van der Waals surface area contributed by atoms with E-state index in [0.29, 0.717) is 0 Å². The maximum atomic E-state index is 2.45. The third-order valence-electron chi connectivity index (χ3n) is 14.1. The summed E-state index contributed by atoms with van der Waals surface area (Å²) in [5.41, 5.74) is 20.5. The van der Waals surface area contributed by atoms with Crippen LogP contribution in [0.25, 0.3) is 88.4 Å². The van der Waals surface area contributed by atoms with Crippen molar-refractivity contribution in [3.8, 4) is 44.8 Å². The quantitative estimate of drug-likeness (QED) is 0.156. The van der Waals surface area contributed by atoms with Crippen LogP contribution in [-0.4, -0.2) is 9.13 Å². The van der Waals surface area contributed by atoms with Crippen LogP contribution in [-0.2, 0) is 5.41 Å². The summed E-state index contributed by atoms with van der Waals surface area (Å²) in [7, 11) is 0. The van der Waals surface area contributed by atoms with Gasteiger partial charge < -0.3 is 14.0 Å². The molecule has 0 fully saturated rings. The van der Waals surface area contributed by atoms with Crippen molar-refractivity contribution in [2.45, 2.75) is 19.3 Å². The molecule has 3 heteroatoms. The summed E-state index contributed by atoms with van der Waals surface area (Å²) >= 11 is 0. The van der Waals surface area contributed by atoms with Gasteiger partial charge in [0.05, 0.1) is 22.1 Å². The van der Waals surface area contributed by atoms with Crippen molar-refractivity contribution in [3.63, 3.8) is 0 Å². The van der Waals surface area contributed by atoms with Crippen LogP contribution in [0.15, 0.2) is 237 Å². The molecule has 12 aromatic rings. The zero-order valence-electron chi connectivity index (χ0n) is 36.9. The van der Waals surface area contributed by atoms with Crippen LogP contribution in [0.2, 0.25) is 0 Å². The Labute approximate surface area is 384 Å². The summed E-state index contributed by atoms with van der Waals surface area (Å²) in [6.07, 6.45) is 0. The van der Waals surface area contributed by atoms with Crippen molar-refractivity contribution in [2.75, 3.05) is 4.90 Å². The van der Waals surface area contributed by atoms with Crippen LogP contribution < -0.4 is 4.90 Å². The number of hydrogen-bond acceptors (Lipinski definition) is 1. The lowest BCUT2D eigenvalue weighted by molar-refractivity contribution is 0.660. The topological polar surface area (TPSA) is 13.1 Å². The van der Waals surface area contributed by atoms with Gasteiger partial charge in [-0.1, -0.05) is 159 Å². The van der Waals surface area contributed by atoms with Crippen LogP contribution in [0.5, 0.6) is 0 Å². The van der Waals surface area contributed by atoms with Gasteiger partial charge in [-0.2, -0.15) is 0 Å². The molecule has 0 bridgehead atoms. The molecule has 2 aromatic heterocycles. The summed E-state index contributed by atoms with van der Waals surface area (Å²) in [6, 6.07) is 86.9. The van der Waals surface area contributed by atoms with Gasteiger partial charge in [0.25, 0.3) is 0 Å². The Morgan fingerprint density at radius 2 is 0.818 bits per heavy atom. The summed E-state index contributed by atoms with van der Waals surface area (Å²) < 4.78 is 4.84. The lowest BCUT2D eigenvalue weighted by atomic mass is 9.82. The van der Waals surface area contributed by atoms with Gasteiger partial charge in [0.2, 0.25) is 0 Å². The fraction of sp³-hybridized carbons (Fsp3) is 0.0476. The van der Waals surface area contributed by atoms with Gasteiger partial charge in [-0.15, -0.1) is 0 Å². The Morgan fingerprint density at radius 3 is 1.50 bits per heavy atom. The number of rotatable bonds is 7. The highest BCUT2D eigenvalue weighted by molar-refractivity contribution is 6.15. The van der Waals surface area contributed by atoms with Crippen LogP contribution >= 0.6 is 0 Å². The molecular weight excluding hydrogens is 799 g/mol. The van der Waals surface area contributed by atoms with E-state index in [4.69, 9.17) is 0 Å². The maximum Gasteiger partial charge on any atom is 0.0619 e. The largest absolute Gasteiger partial charge is 0.310 e. The third kappa shape index (κ3) is 5.83. The molecular formula is C63H45N3. The number of aromatic nitrogens is 2. The van der Waals surface area contributed by atoms with Gasteiger partial charge in [-0.3, -0.25) is 0 Å². The normalized spacial score (nSPS) is 12.8. The van der Waals surface area contributed by atoms with Crippen molar-refractivity contribution in [1.29, 1.82) is 0 Å². The van der Waals surface area contributed by atoms with Crippen LogP contribution in [0.4, 0.5) is 17.1 Å². The van der Waals surface area contributed by atoms with Gasteiger partial charge >= 0.3 is 0 Å². The summed E-state index contributed by atoms with van der Waals surface area (Å²) in [5.74, 6) is 0. The predicted molar refractivity (Wildman–Crippen MR) is 278 cm³/mol. The van der Waals surface area contributed by atoms with Crippen molar-refractivity contribution in [2.24, 2.45) is 0 Å². The highest BCUT2D eigenvalue weighted by Gasteiger charge is 2.35. The molecule has 0 amide bonds. The van der Waals surface area contributed by atoms with E-state index in [1.807, 2.05) is 0 Å². The molecule has 66 heavy (non-hydrogen) atoms. The van der Waals surface area contributed by atoms with Gasteiger partial charge in [-0.05, 0) is 130 Å². The Morgan fingerprint density at radius 1 is 0.318 bits per heavy atom. The van der Waals surface area contributed by atoms with Crippen molar-refractivity contribution < 1.29 is 0 Å². The number of anilines is 3. The Balaban J connectivity index is 0.966. The molecule has 1 aliphatic carbocycles. The molecule has 2 heterocycles. The number of hydrogen-bond donors (Lipinski definition) is 0. The smallest absolute Gasteiger partial charge is 0.0619 e. The number of fused-ring (bicyclic) bond motifs is 9. The average molecular weight is 844 g/mol. The summed E-state index contributed by atoms with van der Waals surface area (Å²) in [6.45, 7) is 4.71. The van der Waals surface area contributed by atoms with Crippen molar-refractivity contribution >= 4 is 60.7 Å². The predicted octanol–water partition coefficient (Wildman–Crippen LogP) is 17.0. The highest BCUT2D eigenvalue weighted by Crippen LogP contribution is 2.51. The second kappa shape index (κ2) is 14.8. The monoisotopic (exact) mass is 843 g/mol. The molecule has 312 valence electrons. The minimum absolute atomic E-state index is 0.0977. The molecule has 0 saturated carbocycles. The SMILES string of the molecule is CC1(C)c2ccccc2-c2ccc(N(c3ccccc3)c3ccc(-c4cc(-c5ccc(-n6c7ccccc7c7ccccc76)cc5)c5c(c4)c4ccccc4n5-c4ccccc4)cc3)cc21. The van der Waals surface area contributed by atoms with E-state index in [9.17, 15) is 0 Å². The molecule has 13 rings (SSSR count). The average Bonchev–Trinajstić information content (AvgIpc) is 3.98. The van der Waals surface area contributed by atoms with E-state index in [1.54, 1.807) is 0 Å². The highest BCUT2D eigenvalue weighted by atomic mass is 15.1. The Hall–Kier alpha value is -8.40. The van der Waals surface area contributed by atoms with Gasteiger partial charge in [0.15, 0.2) is 0 Å². The molecule has 0 N–H and O–H groups in total. The molecule has 0 unspecified atom stereocenters. The van der Waals surface area contributed by atoms with Crippen molar-refractivity contribution in [3.05, 3.63) is 248 Å². The van der Waals surface area contributed by atoms with E-state index in [-0.39, 0.29) is 5.41 Å². The molecule has 0 radical (unpaired) electrons. The number of benzene rings is 10. The van der Waals surface area contributed by atoms with E-state index < -0.39 is 0 Å². The first-order chi connectivity index (χ1) is 32.5. The Bertz CT molecular complexity index is 3760. The molecule has 0 spiro atoms. The maximum absolute atomic E-state index is 2.45. The van der Waals surface area contributed by atoms with E-state index in [2.05, 4.69) is 264 Å². The van der Waals surface area contributed by atoms with Crippen LogP contribution in [0.3, 0.4) is 0 Å². The van der Waals surface area contributed by atoms with E-state index in [1.165, 1.54) is 88.1 Å². The fourth-order valence-electron chi connectivity index (χ4n) is 11.0. The number of nitrogens with zero attached hydrogens (tertiary/aromatic N) is 3. The third-order valence-corrected chi connectivity index (χ3v) is 14.1. The van der Waals surface area contributed by atoms with E-state index >= 15 is 0 Å². The molecule has 10 aromatic carbocycles. The lowest BCUT2D eigenvalue weighted by Crippen LogP contribution is -2.16. The molecule has 1 aliphatic rings. The summed E-state index contributed by atoms with van der Waals surface area (Å²) in [5, 5.41) is 4.98. The second-order valence-corrected chi connectivity index (χ2v) is 18.1. The van der Waals surface area contributed by atoms with Gasteiger partial charge in [0.1, 0.15) is 0 Å². The van der Waals surface area contributed by atoms with Crippen LogP contribution in [0.1, 0.15) is 25.0 Å². The fourth-order valence-corrected chi connectivity index (χ4v) is 11.0. The zero-order chi connectivity index (χ0) is 43.9. The summed E-state index contributed by atoms with van der Waals surface area (Å²) in [4.78, 5) is 2.39. The first-order valence-electron chi connectivity index (χ1n) is 22.9. The van der Waals surface area contributed by atoms with Gasteiger partial charge in [-0.25, -0.2) is 0 Å². The minimum Gasteiger partial charge on any atom is -0.310 e. The first-order valence-corrected chi connectivity index (χ1v) is 22.9. The number of para-hydroxylation sites is 5. The molecule has 3 nitrogen and oxygen atoms in total. The Kier molecular flexibility index (Phi) is 8.56. The minimum atomic E-state index is -0.0977. The standard InChI is InChI=1S/C63H45N3/c1-63(2)57-25-13-9-21-50(57)51-38-37-49(41-58(51)63)64(45-17-5-3-6-18-45)47-33-29-42(30-34-47)44-39-55(62-56(40-44)54-24-12-16-28-61(54)66(62)46-19-7-4-8-20-46)43-31-35-48(36-32-43)65-59-26-14-10-22-52(59)53-23-11-15-27-60(53)65/h3-41H,1-2H3. The molecule has 0 saturated heterocycles. The van der Waals surface area contributed by atoms with Gasteiger partial charge in [0, 0.05) is 61.0 Å². The molecule has 0 aliphatic heterocycles. The zero-order valence-corrected chi connectivity index (χ0v) is 36.9. The van der Waals surface area contributed by atoms with E-state index in [0.717, 1.165) is 28.4 Å². The first kappa shape index (κ1) is 38.1.